The number of sulfone groups is 1. The van der Waals surface area contributed by atoms with Crippen LogP contribution in [0, 0.1) is 0 Å². The van der Waals surface area contributed by atoms with Crippen molar-refractivity contribution in [2.45, 2.75) is 80.4 Å². The van der Waals surface area contributed by atoms with E-state index >= 15 is 0 Å². The summed E-state index contributed by atoms with van der Waals surface area (Å²) in [4.78, 5) is 14.8. The van der Waals surface area contributed by atoms with Crippen molar-refractivity contribution in [3.8, 4) is 0 Å². The molecule has 7 N–H and O–H groups in total. The zero-order chi connectivity index (χ0) is 30.5. The first-order chi connectivity index (χ1) is 19.3. The summed E-state index contributed by atoms with van der Waals surface area (Å²) in [6.45, 7) is 3.17. The largest absolute Gasteiger partial charge is 0.394 e. The van der Waals surface area contributed by atoms with Crippen molar-refractivity contribution in [3.63, 3.8) is 0 Å². The molecule has 0 aliphatic carbocycles. The number of aliphatic hydroxyl groups is 5. The molecule has 41 heavy (non-hydrogen) atoms. The van der Waals surface area contributed by atoms with Crippen molar-refractivity contribution in [2.24, 2.45) is 0 Å². The number of unbranched alkanes of at least 4 members (excludes halogenated alkanes) is 1. The molecule has 0 unspecified atom stereocenters. The van der Waals surface area contributed by atoms with Gasteiger partial charge in [0.25, 0.3) is 5.91 Å². The summed E-state index contributed by atoms with van der Waals surface area (Å²) in [6.07, 6.45) is -4.84. The van der Waals surface area contributed by atoms with Crippen LogP contribution in [-0.2, 0) is 14.6 Å². The lowest BCUT2D eigenvalue weighted by atomic mass is 9.88. The molecule has 0 radical (unpaired) electrons. The summed E-state index contributed by atoms with van der Waals surface area (Å²) in [5.74, 6) is -1.08. The van der Waals surface area contributed by atoms with Crippen molar-refractivity contribution >= 4 is 27.1 Å². The van der Waals surface area contributed by atoms with Gasteiger partial charge in [0.05, 0.1) is 23.3 Å². The molecule has 0 spiro atoms. The Kier molecular flexibility index (Phi) is 10.9. The van der Waals surface area contributed by atoms with Crippen LogP contribution in [0.25, 0.3) is 0 Å². The van der Waals surface area contributed by atoms with E-state index in [1.54, 1.807) is 30.3 Å². The molecular formula is C29H43N3O8S. The van der Waals surface area contributed by atoms with Crippen LogP contribution >= 0.6 is 0 Å². The van der Waals surface area contributed by atoms with E-state index in [1.165, 1.54) is 0 Å². The third-order valence-electron chi connectivity index (χ3n) is 7.77. The van der Waals surface area contributed by atoms with Gasteiger partial charge in [0, 0.05) is 31.0 Å². The number of hydrogen-bond donors (Lipinski definition) is 7. The molecule has 6 atom stereocenters. The van der Waals surface area contributed by atoms with Gasteiger partial charge in [0.15, 0.2) is 15.9 Å². The van der Waals surface area contributed by atoms with E-state index in [4.69, 9.17) is 5.11 Å². The van der Waals surface area contributed by atoms with E-state index in [1.807, 2.05) is 38.1 Å². The predicted molar refractivity (Wildman–Crippen MR) is 157 cm³/mol. The number of carbonyl (C=O) groups is 1. The zero-order valence-corrected chi connectivity index (χ0v) is 24.8. The highest BCUT2D eigenvalue weighted by Crippen LogP contribution is 2.40. The van der Waals surface area contributed by atoms with Gasteiger partial charge >= 0.3 is 0 Å². The van der Waals surface area contributed by atoms with Gasteiger partial charge in [-0.3, -0.25) is 10.1 Å². The number of rotatable bonds is 12. The van der Waals surface area contributed by atoms with Gasteiger partial charge in [0.2, 0.25) is 0 Å². The van der Waals surface area contributed by atoms with Gasteiger partial charge in [-0.15, -0.1) is 0 Å². The zero-order valence-electron chi connectivity index (χ0n) is 24.0. The molecule has 2 aromatic rings. The fraction of sp³-hybridized carbons (Fsp3) is 0.552. The Bertz CT molecular complexity index is 1300. The maximum absolute atomic E-state index is 13.7. The van der Waals surface area contributed by atoms with Crippen LogP contribution in [-0.4, -0.2) is 96.3 Å². The molecule has 228 valence electrons. The Balaban J connectivity index is 2.05. The molecule has 1 heterocycles. The lowest BCUT2D eigenvalue weighted by molar-refractivity contribution is -0.144. The number of nitrogens with zero attached hydrogens (tertiary/aromatic N) is 1. The number of fused-ring (bicyclic) bond motifs is 1. The van der Waals surface area contributed by atoms with Crippen molar-refractivity contribution in [1.82, 2.24) is 5.32 Å². The molecule has 2 aromatic carbocycles. The van der Waals surface area contributed by atoms with E-state index < -0.39 is 58.3 Å². The van der Waals surface area contributed by atoms with Gasteiger partial charge in [-0.1, -0.05) is 38.8 Å². The molecule has 0 saturated carbocycles. The number of aliphatic hydroxyl groups excluding tert-OH is 5. The highest BCUT2D eigenvalue weighted by Gasteiger charge is 2.42. The first-order valence-corrected chi connectivity index (χ1v) is 15.5. The Morgan fingerprint density at radius 3 is 2.41 bits per heavy atom. The summed E-state index contributed by atoms with van der Waals surface area (Å²) >= 11 is 0. The standard InChI is InChI=1S/C29H43N3O8S/c1-5-7-13-29(6-2)17-41(39,40)23-12-11-20(32(3)4)15-21(23)24(31-29)18-9-8-10-19(14-18)30-28(38)27(37)26(36)25(35)22(34)16-33/h8-12,14-15,22,24-27,31,33-37H,5-7,13,16-17H2,1-4H3,(H,30,38)/t22-,24+,25-,26+,27-,29+/m1/s1. The van der Waals surface area contributed by atoms with Crippen molar-refractivity contribution < 1.29 is 38.7 Å². The SMILES string of the molecule is CCCC[C@@]1(CC)CS(=O)(=O)c2ccc(N(C)C)cc2[C@H](c2cccc(NC(=O)[C@H](O)[C@@H](O)[C@H](O)[C@H](O)CO)c2)N1. The Labute approximate surface area is 241 Å². The average Bonchev–Trinajstić information content (AvgIpc) is 3.06. The minimum absolute atomic E-state index is 0.0517. The molecule has 0 aromatic heterocycles. The highest BCUT2D eigenvalue weighted by atomic mass is 32.2. The number of benzene rings is 2. The molecular weight excluding hydrogens is 550 g/mol. The molecule has 11 nitrogen and oxygen atoms in total. The van der Waals surface area contributed by atoms with E-state index in [0.717, 1.165) is 18.5 Å². The summed E-state index contributed by atoms with van der Waals surface area (Å²) in [6, 6.07) is 11.5. The smallest absolute Gasteiger partial charge is 0.256 e. The second-order valence-corrected chi connectivity index (χ2v) is 12.9. The average molecular weight is 594 g/mol. The van der Waals surface area contributed by atoms with Crippen LogP contribution < -0.4 is 15.5 Å². The van der Waals surface area contributed by atoms with E-state index in [9.17, 15) is 33.6 Å². The Morgan fingerprint density at radius 2 is 1.80 bits per heavy atom. The number of amides is 1. The van der Waals surface area contributed by atoms with Crippen molar-refractivity contribution in [2.75, 3.05) is 36.7 Å². The topological polar surface area (TPSA) is 180 Å². The molecule has 1 aliphatic heterocycles. The van der Waals surface area contributed by atoms with E-state index in [-0.39, 0.29) is 16.3 Å². The summed E-state index contributed by atoms with van der Waals surface area (Å²) < 4.78 is 27.5. The second kappa shape index (κ2) is 13.6. The minimum atomic E-state index is -3.65. The second-order valence-electron chi connectivity index (χ2n) is 11.0. The number of carbonyl (C=O) groups excluding carboxylic acids is 1. The van der Waals surface area contributed by atoms with Gasteiger partial charge in [-0.05, 0) is 54.3 Å². The van der Waals surface area contributed by atoms with Gasteiger partial charge in [-0.2, -0.15) is 0 Å². The predicted octanol–water partition coefficient (Wildman–Crippen LogP) is 0.932. The third kappa shape index (κ3) is 7.44. The monoisotopic (exact) mass is 593 g/mol. The Morgan fingerprint density at radius 1 is 1.10 bits per heavy atom. The molecule has 1 amide bonds. The highest BCUT2D eigenvalue weighted by molar-refractivity contribution is 7.91. The van der Waals surface area contributed by atoms with Crippen LogP contribution in [0.2, 0.25) is 0 Å². The van der Waals surface area contributed by atoms with Crippen LogP contribution in [0.3, 0.4) is 0 Å². The van der Waals surface area contributed by atoms with Gasteiger partial charge in [-0.25, -0.2) is 8.42 Å². The van der Waals surface area contributed by atoms with Crippen molar-refractivity contribution in [1.29, 1.82) is 0 Å². The van der Waals surface area contributed by atoms with E-state index in [0.29, 0.717) is 24.0 Å². The number of anilines is 2. The van der Waals surface area contributed by atoms with Gasteiger partial charge in [0.1, 0.15) is 18.3 Å². The fourth-order valence-electron chi connectivity index (χ4n) is 5.18. The van der Waals surface area contributed by atoms with Crippen molar-refractivity contribution in [3.05, 3.63) is 53.6 Å². The maximum Gasteiger partial charge on any atom is 0.256 e. The lowest BCUT2D eigenvalue weighted by Gasteiger charge is -2.36. The summed E-state index contributed by atoms with van der Waals surface area (Å²) in [5.41, 5.74) is 1.67. The first-order valence-electron chi connectivity index (χ1n) is 13.8. The summed E-state index contributed by atoms with van der Waals surface area (Å²) in [7, 11) is 0.0957. The summed E-state index contributed by atoms with van der Waals surface area (Å²) in [5, 5.41) is 55.0. The normalized spacial score (nSPS) is 23.0. The minimum Gasteiger partial charge on any atom is -0.394 e. The van der Waals surface area contributed by atoms with E-state index in [2.05, 4.69) is 17.6 Å². The number of nitrogens with one attached hydrogen (secondary N) is 2. The van der Waals surface area contributed by atoms with Crippen LogP contribution in [0.5, 0.6) is 0 Å². The van der Waals surface area contributed by atoms with Crippen LogP contribution in [0.1, 0.15) is 56.7 Å². The third-order valence-corrected chi connectivity index (χ3v) is 9.74. The molecule has 0 saturated heterocycles. The molecule has 3 rings (SSSR count). The molecule has 12 heteroatoms. The fourth-order valence-corrected chi connectivity index (χ4v) is 7.31. The van der Waals surface area contributed by atoms with Gasteiger partial charge < -0.3 is 35.7 Å². The lowest BCUT2D eigenvalue weighted by Crippen LogP contribution is -2.50. The van der Waals surface area contributed by atoms with Crippen LogP contribution in [0.15, 0.2) is 47.4 Å². The molecule has 0 fully saturated rings. The van der Waals surface area contributed by atoms with Crippen LogP contribution in [0.4, 0.5) is 11.4 Å². The first kappa shape index (κ1) is 32.9. The quantitative estimate of drug-likeness (QED) is 0.187. The Hall–Kier alpha value is -2.58. The molecule has 1 aliphatic rings. The maximum atomic E-state index is 13.7. The molecule has 0 bridgehead atoms. The number of hydrogen-bond acceptors (Lipinski definition) is 10.